The van der Waals surface area contributed by atoms with E-state index in [9.17, 15) is 5.11 Å². The Balaban J connectivity index is 2.02. The van der Waals surface area contributed by atoms with Crippen LogP contribution in [0.4, 0.5) is 0 Å². The Labute approximate surface area is 115 Å². The van der Waals surface area contributed by atoms with E-state index < -0.39 is 12.7 Å². The maximum atomic E-state index is 9.74. The molecule has 0 aliphatic carbocycles. The summed E-state index contributed by atoms with van der Waals surface area (Å²) >= 11 is 0. The summed E-state index contributed by atoms with van der Waals surface area (Å²) in [6, 6.07) is 9.97. The van der Waals surface area contributed by atoms with Crippen molar-refractivity contribution >= 4 is 11.2 Å². The molecule has 0 fully saturated rings. The minimum absolute atomic E-state index is 0.351. The Bertz CT molecular complexity index is 712. The van der Waals surface area contributed by atoms with Gasteiger partial charge in [-0.3, -0.25) is 0 Å². The molecule has 3 rings (SSSR count). The number of aromatic nitrogens is 4. The van der Waals surface area contributed by atoms with Crippen LogP contribution >= 0.6 is 0 Å². The summed E-state index contributed by atoms with van der Waals surface area (Å²) in [5, 5.41) is 18.8. The number of benzene rings is 1. The van der Waals surface area contributed by atoms with Gasteiger partial charge in [0.1, 0.15) is 23.6 Å². The number of hydrogen-bond acceptors (Lipinski definition) is 5. The van der Waals surface area contributed by atoms with Crippen LogP contribution in [0, 0.1) is 0 Å². The molecule has 6 heteroatoms. The quantitative estimate of drug-likeness (QED) is 0.736. The summed E-state index contributed by atoms with van der Waals surface area (Å²) in [5.74, 6) is 0. The maximum Gasteiger partial charge on any atom is 0.163 e. The molecule has 1 atom stereocenters. The molecule has 0 aliphatic rings. The predicted molar refractivity (Wildman–Crippen MR) is 72.9 cm³/mol. The summed E-state index contributed by atoms with van der Waals surface area (Å²) in [4.78, 5) is 12.5. The molecule has 2 N–H and O–H groups in total. The minimum atomic E-state index is -1.04. The standard InChI is InChI=1S/C14H14N4O2/c19-7-11(20)12-13-14(16-8-15-12)18(9-17-13)6-10-4-2-1-3-5-10/h1-5,8-9,11,19-20H,6-7H2. The summed E-state index contributed by atoms with van der Waals surface area (Å²) in [7, 11) is 0. The topological polar surface area (TPSA) is 84.1 Å². The third kappa shape index (κ3) is 2.26. The molecule has 1 unspecified atom stereocenters. The summed E-state index contributed by atoms with van der Waals surface area (Å²) in [6.45, 7) is 0.251. The molecular formula is C14H14N4O2. The number of rotatable bonds is 4. The van der Waals surface area contributed by atoms with Crippen molar-refractivity contribution in [1.29, 1.82) is 0 Å². The van der Waals surface area contributed by atoms with Crippen molar-refractivity contribution in [3.8, 4) is 0 Å². The van der Waals surface area contributed by atoms with E-state index in [0.29, 0.717) is 23.4 Å². The zero-order chi connectivity index (χ0) is 13.9. The molecule has 0 saturated heterocycles. The van der Waals surface area contributed by atoms with Gasteiger partial charge in [0.25, 0.3) is 0 Å². The summed E-state index contributed by atoms with van der Waals surface area (Å²) < 4.78 is 1.89. The third-order valence-electron chi connectivity index (χ3n) is 3.11. The van der Waals surface area contributed by atoms with Crippen molar-refractivity contribution in [2.24, 2.45) is 0 Å². The van der Waals surface area contributed by atoms with Crippen LogP contribution in [0.1, 0.15) is 17.4 Å². The Morgan fingerprint density at radius 3 is 2.65 bits per heavy atom. The lowest BCUT2D eigenvalue weighted by molar-refractivity contribution is 0.0932. The van der Waals surface area contributed by atoms with E-state index in [1.807, 2.05) is 34.9 Å². The first-order valence-corrected chi connectivity index (χ1v) is 6.28. The van der Waals surface area contributed by atoms with E-state index in [1.54, 1.807) is 6.33 Å². The fourth-order valence-electron chi connectivity index (χ4n) is 2.12. The predicted octanol–water partition coefficient (Wildman–Crippen LogP) is 0.900. The highest BCUT2D eigenvalue weighted by molar-refractivity contribution is 5.73. The highest BCUT2D eigenvalue weighted by atomic mass is 16.3. The van der Waals surface area contributed by atoms with Crippen LogP contribution in [0.5, 0.6) is 0 Å². The van der Waals surface area contributed by atoms with Crippen LogP contribution in [0.15, 0.2) is 43.0 Å². The second kappa shape index (κ2) is 5.36. The van der Waals surface area contributed by atoms with Gasteiger partial charge in [-0.1, -0.05) is 30.3 Å². The fourth-order valence-corrected chi connectivity index (χ4v) is 2.12. The van der Waals surface area contributed by atoms with Crippen LogP contribution in [0.2, 0.25) is 0 Å². The van der Waals surface area contributed by atoms with Gasteiger partial charge < -0.3 is 14.8 Å². The Morgan fingerprint density at radius 1 is 1.10 bits per heavy atom. The highest BCUT2D eigenvalue weighted by Gasteiger charge is 2.16. The zero-order valence-electron chi connectivity index (χ0n) is 10.7. The lowest BCUT2D eigenvalue weighted by Gasteiger charge is -2.07. The van der Waals surface area contributed by atoms with Gasteiger partial charge in [-0.05, 0) is 5.56 Å². The molecule has 1 aromatic carbocycles. The van der Waals surface area contributed by atoms with Gasteiger partial charge in [-0.2, -0.15) is 0 Å². The monoisotopic (exact) mass is 270 g/mol. The zero-order valence-corrected chi connectivity index (χ0v) is 10.7. The van der Waals surface area contributed by atoms with Crippen molar-refractivity contribution in [3.05, 3.63) is 54.2 Å². The van der Waals surface area contributed by atoms with Crippen molar-refractivity contribution in [1.82, 2.24) is 19.5 Å². The van der Waals surface area contributed by atoms with Gasteiger partial charge in [-0.15, -0.1) is 0 Å². The summed E-state index contributed by atoms with van der Waals surface area (Å²) in [6.07, 6.45) is 2.00. The lowest BCUT2D eigenvalue weighted by atomic mass is 10.2. The average Bonchev–Trinajstić information content (AvgIpc) is 2.91. The number of aliphatic hydroxyl groups is 2. The fraction of sp³-hybridized carbons (Fsp3) is 0.214. The first kappa shape index (κ1) is 12.7. The van der Waals surface area contributed by atoms with Crippen LogP contribution in [0.3, 0.4) is 0 Å². The largest absolute Gasteiger partial charge is 0.393 e. The third-order valence-corrected chi connectivity index (χ3v) is 3.11. The number of imidazole rings is 1. The van der Waals surface area contributed by atoms with Gasteiger partial charge in [-0.25, -0.2) is 15.0 Å². The molecule has 2 heterocycles. The molecule has 0 aliphatic heterocycles. The molecule has 0 spiro atoms. The first-order valence-electron chi connectivity index (χ1n) is 6.28. The van der Waals surface area contributed by atoms with E-state index in [2.05, 4.69) is 15.0 Å². The Hall–Kier alpha value is -2.31. The van der Waals surface area contributed by atoms with Gasteiger partial charge >= 0.3 is 0 Å². The van der Waals surface area contributed by atoms with Crippen LogP contribution in [-0.4, -0.2) is 36.3 Å². The molecule has 2 aromatic heterocycles. The van der Waals surface area contributed by atoms with Crippen LogP contribution in [-0.2, 0) is 6.54 Å². The van der Waals surface area contributed by atoms with Crippen molar-refractivity contribution in [2.45, 2.75) is 12.6 Å². The molecule has 102 valence electrons. The van der Waals surface area contributed by atoms with E-state index >= 15 is 0 Å². The van der Waals surface area contributed by atoms with Crippen LogP contribution in [0.25, 0.3) is 11.2 Å². The SMILES string of the molecule is OCC(O)c1ncnc2c1ncn2Cc1ccccc1. The maximum absolute atomic E-state index is 9.74. The van der Waals surface area contributed by atoms with E-state index in [1.165, 1.54) is 6.33 Å². The minimum Gasteiger partial charge on any atom is -0.393 e. The molecule has 0 bridgehead atoms. The van der Waals surface area contributed by atoms with Crippen LogP contribution < -0.4 is 0 Å². The molecule has 0 amide bonds. The van der Waals surface area contributed by atoms with Gasteiger partial charge in [0, 0.05) is 0 Å². The second-order valence-corrected chi connectivity index (χ2v) is 4.49. The second-order valence-electron chi connectivity index (χ2n) is 4.49. The molecule has 20 heavy (non-hydrogen) atoms. The Kier molecular flexibility index (Phi) is 3.41. The average molecular weight is 270 g/mol. The normalized spacial score (nSPS) is 12.7. The number of aliphatic hydroxyl groups excluding tert-OH is 2. The van der Waals surface area contributed by atoms with Gasteiger partial charge in [0.2, 0.25) is 0 Å². The van der Waals surface area contributed by atoms with Gasteiger partial charge in [0.15, 0.2) is 5.65 Å². The molecular weight excluding hydrogens is 256 g/mol. The van der Waals surface area contributed by atoms with E-state index in [4.69, 9.17) is 5.11 Å². The molecule has 0 radical (unpaired) electrons. The number of nitrogens with zero attached hydrogens (tertiary/aromatic N) is 4. The van der Waals surface area contributed by atoms with Crippen molar-refractivity contribution in [2.75, 3.05) is 6.61 Å². The van der Waals surface area contributed by atoms with Crippen molar-refractivity contribution < 1.29 is 10.2 Å². The summed E-state index contributed by atoms with van der Waals surface area (Å²) in [5.41, 5.74) is 2.65. The molecule has 6 nitrogen and oxygen atoms in total. The number of hydrogen-bond donors (Lipinski definition) is 2. The highest BCUT2D eigenvalue weighted by Crippen LogP contribution is 2.19. The Morgan fingerprint density at radius 2 is 1.90 bits per heavy atom. The lowest BCUT2D eigenvalue weighted by Crippen LogP contribution is -2.07. The number of fused-ring (bicyclic) bond motifs is 1. The smallest absolute Gasteiger partial charge is 0.163 e. The molecule has 3 aromatic rings. The van der Waals surface area contributed by atoms with Gasteiger partial charge in [0.05, 0.1) is 19.5 Å². The van der Waals surface area contributed by atoms with E-state index in [0.717, 1.165) is 5.56 Å². The molecule has 0 saturated carbocycles. The van der Waals surface area contributed by atoms with E-state index in [-0.39, 0.29) is 0 Å². The van der Waals surface area contributed by atoms with Crippen molar-refractivity contribution in [3.63, 3.8) is 0 Å². The first-order chi connectivity index (χ1) is 9.79.